The number of fused-ring (bicyclic) bond motifs is 1. The van der Waals surface area contributed by atoms with E-state index in [9.17, 15) is 18.0 Å². The van der Waals surface area contributed by atoms with Crippen LogP contribution in [0.15, 0.2) is 24.4 Å². The summed E-state index contributed by atoms with van der Waals surface area (Å²) in [6.07, 6.45) is -2.97. The van der Waals surface area contributed by atoms with Gasteiger partial charge in [-0.3, -0.25) is 9.89 Å². The average Bonchev–Trinajstić information content (AvgIpc) is 3.01. The van der Waals surface area contributed by atoms with Crippen LogP contribution >= 0.6 is 0 Å². The van der Waals surface area contributed by atoms with Crippen molar-refractivity contribution in [2.24, 2.45) is 0 Å². The largest absolute Gasteiger partial charge is 0.416 e. The number of aromatic nitrogens is 4. The number of carbonyl (C=O) groups is 1. The lowest BCUT2D eigenvalue weighted by Crippen LogP contribution is -2.06. The minimum Gasteiger partial charge on any atom is -0.337 e. The number of aromatic amines is 2. The number of anilines is 1. The quantitative estimate of drug-likeness (QED) is 0.680. The van der Waals surface area contributed by atoms with E-state index in [1.54, 1.807) is 0 Å². The number of hydrogen-bond acceptors (Lipinski definition) is 3. The lowest BCUT2D eigenvalue weighted by molar-refractivity contribution is -0.137. The molecule has 22 heavy (non-hydrogen) atoms. The molecule has 2 heterocycles. The van der Waals surface area contributed by atoms with Crippen LogP contribution in [0.3, 0.4) is 0 Å². The standard InChI is InChI=1S/C13H10F3N5O/c1-6(22)18-10-5-17-21-11(10)12-19-8-3-2-7(13(14,15)16)4-9(8)20-12/h2-5H,1H3,(H,17,21)(H,18,22)(H,19,20). The van der Waals surface area contributed by atoms with Crippen LogP contribution in [0, 0.1) is 0 Å². The van der Waals surface area contributed by atoms with E-state index in [-0.39, 0.29) is 17.2 Å². The van der Waals surface area contributed by atoms with Gasteiger partial charge in [-0.25, -0.2) is 4.98 Å². The molecule has 3 aromatic rings. The van der Waals surface area contributed by atoms with Crippen molar-refractivity contribution < 1.29 is 18.0 Å². The number of hydrogen-bond donors (Lipinski definition) is 3. The Morgan fingerprint density at radius 2 is 2.09 bits per heavy atom. The molecule has 3 N–H and O–H groups in total. The van der Waals surface area contributed by atoms with Gasteiger partial charge < -0.3 is 10.3 Å². The first-order valence-corrected chi connectivity index (χ1v) is 6.23. The van der Waals surface area contributed by atoms with Gasteiger partial charge in [-0.1, -0.05) is 0 Å². The highest BCUT2D eigenvalue weighted by molar-refractivity contribution is 5.93. The van der Waals surface area contributed by atoms with Gasteiger partial charge in [0.2, 0.25) is 5.91 Å². The average molecular weight is 309 g/mol. The van der Waals surface area contributed by atoms with Gasteiger partial charge in [0.15, 0.2) is 11.5 Å². The molecule has 3 rings (SSSR count). The maximum absolute atomic E-state index is 12.7. The molecule has 114 valence electrons. The second-order valence-electron chi connectivity index (χ2n) is 4.64. The minimum atomic E-state index is -4.43. The lowest BCUT2D eigenvalue weighted by Gasteiger charge is -2.04. The fourth-order valence-electron chi connectivity index (χ4n) is 2.05. The Balaban J connectivity index is 2.06. The third-order valence-corrected chi connectivity index (χ3v) is 2.99. The van der Waals surface area contributed by atoms with E-state index in [1.807, 2.05) is 0 Å². The van der Waals surface area contributed by atoms with Crippen molar-refractivity contribution >= 4 is 22.6 Å². The highest BCUT2D eigenvalue weighted by Crippen LogP contribution is 2.32. The summed E-state index contributed by atoms with van der Waals surface area (Å²) in [6.45, 7) is 1.34. The first-order valence-electron chi connectivity index (χ1n) is 6.23. The molecule has 0 radical (unpaired) electrons. The first-order chi connectivity index (χ1) is 10.3. The molecule has 2 aromatic heterocycles. The van der Waals surface area contributed by atoms with Crippen LogP contribution < -0.4 is 5.32 Å². The van der Waals surface area contributed by atoms with Crippen LogP contribution in [-0.2, 0) is 11.0 Å². The van der Waals surface area contributed by atoms with Gasteiger partial charge in [-0.05, 0) is 18.2 Å². The predicted octanol–water partition coefficient (Wildman–Crippen LogP) is 2.93. The Kier molecular flexibility index (Phi) is 3.12. The summed E-state index contributed by atoms with van der Waals surface area (Å²) in [4.78, 5) is 18.1. The molecule has 6 nitrogen and oxygen atoms in total. The number of imidazole rings is 1. The first kappa shape index (κ1) is 14.1. The van der Waals surface area contributed by atoms with E-state index >= 15 is 0 Å². The van der Waals surface area contributed by atoms with Crippen LogP contribution in [0.2, 0.25) is 0 Å². The summed E-state index contributed by atoms with van der Waals surface area (Å²) in [5.41, 5.74) is 0.547. The number of halogens is 3. The van der Waals surface area contributed by atoms with Gasteiger partial charge in [0.05, 0.1) is 22.3 Å². The lowest BCUT2D eigenvalue weighted by atomic mass is 10.2. The van der Waals surface area contributed by atoms with E-state index < -0.39 is 11.7 Å². The van der Waals surface area contributed by atoms with Crippen LogP contribution in [0.5, 0.6) is 0 Å². The molecule has 0 fully saturated rings. The molecule has 0 atom stereocenters. The highest BCUT2D eigenvalue weighted by Gasteiger charge is 2.30. The molecule has 1 amide bonds. The molecular weight excluding hydrogens is 299 g/mol. The summed E-state index contributed by atoms with van der Waals surface area (Å²) < 4.78 is 38.1. The third-order valence-electron chi connectivity index (χ3n) is 2.99. The second kappa shape index (κ2) is 4.86. The van der Waals surface area contributed by atoms with Crippen LogP contribution in [0.1, 0.15) is 12.5 Å². The van der Waals surface area contributed by atoms with Crippen LogP contribution in [-0.4, -0.2) is 26.1 Å². The third kappa shape index (κ3) is 2.52. The van der Waals surface area contributed by atoms with Crippen molar-refractivity contribution in [3.05, 3.63) is 30.0 Å². The summed E-state index contributed by atoms with van der Waals surface area (Å²) in [7, 11) is 0. The molecule has 0 unspecified atom stereocenters. The second-order valence-corrected chi connectivity index (χ2v) is 4.64. The summed E-state index contributed by atoms with van der Waals surface area (Å²) in [5, 5.41) is 9.09. The van der Waals surface area contributed by atoms with E-state index in [1.165, 1.54) is 19.2 Å². The SMILES string of the molecule is CC(=O)Nc1c[nH]nc1-c1nc2cc(C(F)(F)F)ccc2[nH]1. The maximum atomic E-state index is 12.7. The van der Waals surface area contributed by atoms with Gasteiger partial charge in [-0.15, -0.1) is 0 Å². The number of nitrogens with one attached hydrogen (secondary N) is 3. The summed E-state index contributed by atoms with van der Waals surface area (Å²) in [6, 6.07) is 3.24. The maximum Gasteiger partial charge on any atom is 0.416 e. The van der Waals surface area contributed by atoms with Gasteiger partial charge in [0.1, 0.15) is 0 Å². The molecule has 0 spiro atoms. The number of alkyl halides is 3. The van der Waals surface area contributed by atoms with Gasteiger partial charge in [-0.2, -0.15) is 18.3 Å². The molecule has 0 bridgehead atoms. The van der Waals surface area contributed by atoms with Crippen molar-refractivity contribution in [2.45, 2.75) is 13.1 Å². The monoisotopic (exact) mass is 309 g/mol. The van der Waals surface area contributed by atoms with E-state index in [4.69, 9.17) is 0 Å². The molecule has 0 aliphatic heterocycles. The number of benzene rings is 1. The van der Waals surface area contributed by atoms with Crippen molar-refractivity contribution in [3.63, 3.8) is 0 Å². The number of H-pyrrole nitrogens is 2. The Bertz CT molecular complexity index is 849. The number of carbonyl (C=O) groups excluding carboxylic acids is 1. The molecule has 0 saturated carbocycles. The topological polar surface area (TPSA) is 86.5 Å². The van der Waals surface area contributed by atoms with Crippen LogP contribution in [0.4, 0.5) is 18.9 Å². The number of amides is 1. The van der Waals surface area contributed by atoms with Crippen molar-refractivity contribution in [3.8, 4) is 11.5 Å². The molecule has 0 aliphatic carbocycles. The Morgan fingerprint density at radius 1 is 1.32 bits per heavy atom. The van der Waals surface area contributed by atoms with Gasteiger partial charge in [0.25, 0.3) is 0 Å². The number of rotatable bonds is 2. The zero-order chi connectivity index (χ0) is 15.9. The number of nitrogens with zero attached hydrogens (tertiary/aromatic N) is 2. The van der Waals surface area contributed by atoms with E-state index in [2.05, 4.69) is 25.5 Å². The molecule has 9 heteroatoms. The highest BCUT2D eigenvalue weighted by atomic mass is 19.4. The smallest absolute Gasteiger partial charge is 0.337 e. The van der Waals surface area contributed by atoms with Crippen LogP contribution in [0.25, 0.3) is 22.6 Å². The Morgan fingerprint density at radius 3 is 2.77 bits per heavy atom. The minimum absolute atomic E-state index is 0.168. The molecule has 0 saturated heterocycles. The zero-order valence-electron chi connectivity index (χ0n) is 11.2. The summed E-state index contributed by atoms with van der Waals surface area (Å²) in [5.74, 6) is -0.0301. The zero-order valence-corrected chi connectivity index (χ0v) is 11.2. The predicted molar refractivity (Wildman–Crippen MR) is 73.0 cm³/mol. The molecule has 1 aromatic carbocycles. The van der Waals surface area contributed by atoms with Gasteiger partial charge >= 0.3 is 6.18 Å². The van der Waals surface area contributed by atoms with E-state index in [0.717, 1.165) is 12.1 Å². The Labute approximate surface area is 121 Å². The molecule has 0 aliphatic rings. The normalized spacial score (nSPS) is 11.8. The van der Waals surface area contributed by atoms with Crippen molar-refractivity contribution in [1.29, 1.82) is 0 Å². The molecular formula is C13H10F3N5O. The van der Waals surface area contributed by atoms with Crippen molar-refractivity contribution in [2.75, 3.05) is 5.32 Å². The fraction of sp³-hybridized carbons (Fsp3) is 0.154. The van der Waals surface area contributed by atoms with E-state index in [0.29, 0.717) is 16.9 Å². The van der Waals surface area contributed by atoms with Crippen molar-refractivity contribution in [1.82, 2.24) is 20.2 Å². The van der Waals surface area contributed by atoms with Gasteiger partial charge in [0, 0.05) is 13.1 Å². The summed E-state index contributed by atoms with van der Waals surface area (Å²) >= 11 is 0. The fourth-order valence-corrected chi connectivity index (χ4v) is 2.05. The Hall–Kier alpha value is -2.84.